The summed E-state index contributed by atoms with van der Waals surface area (Å²) in [5, 5.41) is 15.1. The van der Waals surface area contributed by atoms with Crippen molar-refractivity contribution in [3.63, 3.8) is 0 Å². The van der Waals surface area contributed by atoms with Gasteiger partial charge < -0.3 is 5.32 Å². The van der Waals surface area contributed by atoms with Crippen LogP contribution in [0.25, 0.3) is 5.69 Å². The van der Waals surface area contributed by atoms with Crippen LogP contribution in [0, 0.1) is 20.8 Å². The molecule has 1 N–H and O–H groups in total. The van der Waals surface area contributed by atoms with E-state index < -0.39 is 0 Å². The number of aryl methyl sites for hydroxylation is 3. The van der Waals surface area contributed by atoms with Gasteiger partial charge in [-0.3, -0.25) is 4.79 Å². The van der Waals surface area contributed by atoms with Crippen molar-refractivity contribution >= 4 is 23.4 Å². The van der Waals surface area contributed by atoms with E-state index in [0.29, 0.717) is 5.16 Å². The fourth-order valence-electron chi connectivity index (χ4n) is 2.62. The summed E-state index contributed by atoms with van der Waals surface area (Å²) in [5.41, 5.74) is 5.06. The molecule has 134 valence electrons. The maximum absolute atomic E-state index is 12.5. The van der Waals surface area contributed by atoms with E-state index in [1.165, 1.54) is 17.3 Å². The second kappa shape index (κ2) is 7.70. The first kappa shape index (κ1) is 18.1. The van der Waals surface area contributed by atoms with Crippen LogP contribution >= 0.6 is 11.8 Å². The predicted octanol–water partition coefficient (Wildman–Crippen LogP) is 3.71. The zero-order valence-electron chi connectivity index (χ0n) is 15.2. The third-order valence-electron chi connectivity index (χ3n) is 3.96. The van der Waals surface area contributed by atoms with Gasteiger partial charge in [0.2, 0.25) is 11.1 Å². The Balaban J connectivity index is 1.75. The normalized spacial score (nSPS) is 12.0. The number of anilines is 1. The standard InChI is InChI=1S/C19H21N5OS/c1-12-6-5-7-16(11-12)20-18(25)15(4)26-19-21-22-23-24(19)17-9-8-13(2)10-14(17)3/h5-11,15H,1-4H3,(H,20,25)/t15-/m0/s1. The molecule has 1 atom stereocenters. The molecule has 1 heterocycles. The minimum Gasteiger partial charge on any atom is -0.325 e. The first-order valence-corrected chi connectivity index (χ1v) is 9.22. The van der Waals surface area contributed by atoms with Gasteiger partial charge in [0.15, 0.2) is 0 Å². The van der Waals surface area contributed by atoms with Crippen molar-refractivity contribution in [2.24, 2.45) is 0 Å². The van der Waals surface area contributed by atoms with E-state index in [2.05, 4.69) is 26.9 Å². The number of hydrogen-bond acceptors (Lipinski definition) is 5. The topological polar surface area (TPSA) is 72.7 Å². The molecule has 26 heavy (non-hydrogen) atoms. The smallest absolute Gasteiger partial charge is 0.237 e. The van der Waals surface area contributed by atoms with Crippen molar-refractivity contribution < 1.29 is 4.79 Å². The molecule has 0 aliphatic carbocycles. The molecule has 0 aliphatic rings. The molecule has 0 saturated heterocycles. The molecule has 0 unspecified atom stereocenters. The van der Waals surface area contributed by atoms with Crippen LogP contribution in [0.1, 0.15) is 23.6 Å². The molecule has 0 radical (unpaired) electrons. The van der Waals surface area contributed by atoms with Gasteiger partial charge in [0.05, 0.1) is 10.9 Å². The van der Waals surface area contributed by atoms with Crippen molar-refractivity contribution in [1.82, 2.24) is 20.2 Å². The average molecular weight is 367 g/mol. The van der Waals surface area contributed by atoms with Crippen LogP contribution < -0.4 is 5.32 Å². The molecule has 1 aromatic heterocycles. The van der Waals surface area contributed by atoms with E-state index >= 15 is 0 Å². The Kier molecular flexibility index (Phi) is 5.37. The van der Waals surface area contributed by atoms with E-state index in [1.54, 1.807) is 4.68 Å². The number of nitrogens with one attached hydrogen (secondary N) is 1. The van der Waals surface area contributed by atoms with E-state index in [0.717, 1.165) is 22.5 Å². The van der Waals surface area contributed by atoms with Gasteiger partial charge in [-0.2, -0.15) is 4.68 Å². The number of amides is 1. The van der Waals surface area contributed by atoms with Gasteiger partial charge in [-0.15, -0.1) is 5.10 Å². The third kappa shape index (κ3) is 4.11. The lowest BCUT2D eigenvalue weighted by Gasteiger charge is -2.13. The lowest BCUT2D eigenvalue weighted by Crippen LogP contribution is -2.23. The number of hydrogen-bond donors (Lipinski definition) is 1. The van der Waals surface area contributed by atoms with E-state index in [4.69, 9.17) is 0 Å². The molecule has 0 saturated carbocycles. The molecule has 6 nitrogen and oxygen atoms in total. The Morgan fingerprint density at radius 3 is 2.62 bits per heavy atom. The number of rotatable bonds is 5. The molecule has 0 fully saturated rings. The van der Waals surface area contributed by atoms with Gasteiger partial charge >= 0.3 is 0 Å². The Morgan fingerprint density at radius 1 is 1.12 bits per heavy atom. The number of carbonyl (C=O) groups is 1. The number of benzene rings is 2. The fraction of sp³-hybridized carbons (Fsp3) is 0.263. The van der Waals surface area contributed by atoms with Crippen molar-refractivity contribution in [2.75, 3.05) is 5.32 Å². The number of tetrazole rings is 1. The van der Waals surface area contributed by atoms with Gasteiger partial charge in [-0.05, 0) is 67.4 Å². The maximum Gasteiger partial charge on any atom is 0.237 e. The van der Waals surface area contributed by atoms with Crippen molar-refractivity contribution in [3.05, 3.63) is 59.2 Å². The van der Waals surface area contributed by atoms with Crippen LogP contribution in [-0.4, -0.2) is 31.4 Å². The van der Waals surface area contributed by atoms with Gasteiger partial charge in [-0.25, -0.2) is 0 Å². The molecule has 0 bridgehead atoms. The molecule has 0 aliphatic heterocycles. The lowest BCUT2D eigenvalue weighted by molar-refractivity contribution is -0.115. The zero-order chi connectivity index (χ0) is 18.7. The summed E-state index contributed by atoms with van der Waals surface area (Å²) in [6, 6.07) is 13.8. The molecule has 1 amide bonds. The zero-order valence-corrected chi connectivity index (χ0v) is 16.0. The summed E-state index contributed by atoms with van der Waals surface area (Å²) in [6.45, 7) is 7.90. The van der Waals surface area contributed by atoms with Gasteiger partial charge in [0.1, 0.15) is 0 Å². The Hall–Kier alpha value is -2.67. The third-order valence-corrected chi connectivity index (χ3v) is 4.99. The largest absolute Gasteiger partial charge is 0.325 e. The molecule has 7 heteroatoms. The number of aromatic nitrogens is 4. The Morgan fingerprint density at radius 2 is 1.88 bits per heavy atom. The molecular weight excluding hydrogens is 346 g/mol. The number of nitrogens with zero attached hydrogens (tertiary/aromatic N) is 4. The van der Waals surface area contributed by atoms with Gasteiger partial charge in [0, 0.05) is 5.69 Å². The highest BCUT2D eigenvalue weighted by atomic mass is 32.2. The molecule has 3 rings (SSSR count). The summed E-state index contributed by atoms with van der Waals surface area (Å²) in [4.78, 5) is 12.5. The van der Waals surface area contributed by atoms with Crippen LogP contribution in [0.4, 0.5) is 5.69 Å². The highest BCUT2D eigenvalue weighted by Crippen LogP contribution is 2.25. The van der Waals surface area contributed by atoms with Crippen LogP contribution in [-0.2, 0) is 4.79 Å². The Bertz CT molecular complexity index is 937. The van der Waals surface area contributed by atoms with Gasteiger partial charge in [0.25, 0.3) is 0 Å². The summed E-state index contributed by atoms with van der Waals surface area (Å²) < 4.78 is 1.68. The van der Waals surface area contributed by atoms with Crippen LogP contribution in [0.5, 0.6) is 0 Å². The van der Waals surface area contributed by atoms with Crippen molar-refractivity contribution in [3.8, 4) is 5.69 Å². The fourth-order valence-corrected chi connectivity index (χ4v) is 3.43. The second-order valence-electron chi connectivity index (χ2n) is 6.28. The number of carbonyl (C=O) groups excluding carboxylic acids is 1. The number of thioether (sulfide) groups is 1. The quantitative estimate of drug-likeness (QED) is 0.696. The van der Waals surface area contributed by atoms with Crippen molar-refractivity contribution in [2.45, 2.75) is 38.1 Å². The van der Waals surface area contributed by atoms with Crippen LogP contribution in [0.15, 0.2) is 47.6 Å². The SMILES string of the molecule is Cc1cccc(NC(=O)[C@H](C)Sc2nnnn2-c2ccc(C)cc2C)c1. The maximum atomic E-state index is 12.5. The highest BCUT2D eigenvalue weighted by molar-refractivity contribution is 8.00. The molecule has 2 aromatic carbocycles. The lowest BCUT2D eigenvalue weighted by atomic mass is 10.1. The van der Waals surface area contributed by atoms with E-state index in [-0.39, 0.29) is 11.2 Å². The van der Waals surface area contributed by atoms with Crippen molar-refractivity contribution in [1.29, 1.82) is 0 Å². The van der Waals surface area contributed by atoms with E-state index in [1.807, 2.05) is 64.1 Å². The minimum absolute atomic E-state index is 0.0872. The first-order valence-electron chi connectivity index (χ1n) is 8.34. The molecular formula is C19H21N5OS. The van der Waals surface area contributed by atoms with Crippen LogP contribution in [0.2, 0.25) is 0 Å². The highest BCUT2D eigenvalue weighted by Gasteiger charge is 2.20. The molecule has 0 spiro atoms. The first-order chi connectivity index (χ1) is 12.4. The Labute approximate surface area is 157 Å². The average Bonchev–Trinajstić information content (AvgIpc) is 3.02. The summed E-state index contributed by atoms with van der Waals surface area (Å²) in [7, 11) is 0. The predicted molar refractivity (Wildman–Crippen MR) is 104 cm³/mol. The van der Waals surface area contributed by atoms with Crippen LogP contribution in [0.3, 0.4) is 0 Å². The summed E-state index contributed by atoms with van der Waals surface area (Å²) in [5.74, 6) is -0.0872. The minimum atomic E-state index is -0.342. The van der Waals surface area contributed by atoms with Gasteiger partial charge in [-0.1, -0.05) is 41.6 Å². The molecule has 3 aromatic rings. The van der Waals surface area contributed by atoms with E-state index in [9.17, 15) is 4.79 Å². The summed E-state index contributed by atoms with van der Waals surface area (Å²) >= 11 is 1.33. The summed E-state index contributed by atoms with van der Waals surface area (Å²) in [6.07, 6.45) is 0. The monoisotopic (exact) mass is 367 g/mol. The second-order valence-corrected chi connectivity index (χ2v) is 7.59.